The number of hydrogen-bond acceptors (Lipinski definition) is 8. The molecule has 180 valence electrons. The highest BCUT2D eigenvalue weighted by atomic mass is 32.1. The van der Waals surface area contributed by atoms with Gasteiger partial charge >= 0.3 is 0 Å². The Labute approximate surface area is 215 Å². The molecule has 0 aliphatic carbocycles. The lowest BCUT2D eigenvalue weighted by Gasteiger charge is -2.29. The van der Waals surface area contributed by atoms with Crippen LogP contribution in [0.2, 0.25) is 0 Å². The van der Waals surface area contributed by atoms with E-state index >= 15 is 0 Å². The van der Waals surface area contributed by atoms with Crippen molar-refractivity contribution in [3.05, 3.63) is 83.4 Å². The number of aromatic nitrogens is 2. The van der Waals surface area contributed by atoms with Crippen molar-refractivity contribution in [3.63, 3.8) is 0 Å². The van der Waals surface area contributed by atoms with Crippen molar-refractivity contribution in [2.24, 2.45) is 0 Å². The Morgan fingerprint density at radius 1 is 1.00 bits per heavy atom. The van der Waals surface area contributed by atoms with Crippen molar-refractivity contribution in [1.82, 2.24) is 14.9 Å². The van der Waals surface area contributed by atoms with E-state index in [2.05, 4.69) is 63.5 Å². The van der Waals surface area contributed by atoms with Gasteiger partial charge in [-0.05, 0) is 73.0 Å². The largest absolute Gasteiger partial charge is 0.393 e. The monoisotopic (exact) mass is 503 g/mol. The molecule has 6 nitrogen and oxygen atoms in total. The summed E-state index contributed by atoms with van der Waals surface area (Å²) in [4.78, 5) is 14.9. The molecule has 0 radical (unpaired) electrons. The van der Waals surface area contributed by atoms with Crippen LogP contribution in [-0.2, 0) is 13.1 Å². The molecule has 1 aliphatic heterocycles. The molecule has 0 spiro atoms. The second-order valence-corrected chi connectivity index (χ2v) is 10.4. The van der Waals surface area contributed by atoms with E-state index in [0.717, 1.165) is 65.9 Å². The SMILES string of the molecule is OC1CCN(Cc2cccc(Nc3nccc(-c4ccc(CNc5ccc(S)cc5)s4)n3)c2)CC1. The molecule has 4 aromatic rings. The van der Waals surface area contributed by atoms with Gasteiger partial charge in [0.1, 0.15) is 0 Å². The first kappa shape index (κ1) is 23.8. The molecule has 35 heavy (non-hydrogen) atoms. The van der Waals surface area contributed by atoms with Crippen LogP contribution in [0.25, 0.3) is 10.6 Å². The van der Waals surface area contributed by atoms with E-state index in [1.807, 2.05) is 36.4 Å². The number of likely N-dealkylation sites (tertiary alicyclic amines) is 1. The molecule has 2 aromatic heterocycles. The minimum absolute atomic E-state index is 0.148. The Hall–Kier alpha value is -2.91. The normalized spacial score (nSPS) is 14.7. The molecule has 8 heteroatoms. The predicted octanol–water partition coefficient (Wildman–Crippen LogP) is 5.81. The van der Waals surface area contributed by atoms with Gasteiger partial charge in [-0.15, -0.1) is 24.0 Å². The van der Waals surface area contributed by atoms with Crippen molar-refractivity contribution in [1.29, 1.82) is 0 Å². The number of benzene rings is 2. The van der Waals surface area contributed by atoms with Gasteiger partial charge in [-0.25, -0.2) is 9.97 Å². The first-order valence-electron chi connectivity index (χ1n) is 11.8. The highest BCUT2D eigenvalue weighted by Crippen LogP contribution is 2.28. The number of hydrogen-bond donors (Lipinski definition) is 4. The van der Waals surface area contributed by atoms with Crippen LogP contribution in [0.15, 0.2) is 77.8 Å². The molecule has 3 heterocycles. The van der Waals surface area contributed by atoms with Gasteiger partial charge in [0.05, 0.1) is 16.7 Å². The fraction of sp³-hybridized carbons (Fsp3) is 0.259. The van der Waals surface area contributed by atoms with Crippen LogP contribution in [0.3, 0.4) is 0 Å². The summed E-state index contributed by atoms with van der Waals surface area (Å²) in [6.45, 7) is 3.51. The van der Waals surface area contributed by atoms with Gasteiger partial charge < -0.3 is 15.7 Å². The number of nitrogens with one attached hydrogen (secondary N) is 2. The van der Waals surface area contributed by atoms with Gasteiger partial charge in [0.15, 0.2) is 0 Å². The number of nitrogens with zero attached hydrogens (tertiary/aromatic N) is 3. The third kappa shape index (κ3) is 6.61. The summed E-state index contributed by atoms with van der Waals surface area (Å²) in [7, 11) is 0. The third-order valence-corrected chi connectivity index (χ3v) is 7.46. The molecule has 5 rings (SSSR count). The molecular formula is C27H29N5OS2. The van der Waals surface area contributed by atoms with Gasteiger partial charge in [0.25, 0.3) is 0 Å². The Bertz CT molecular complexity index is 1250. The second kappa shape index (κ2) is 11.2. The molecule has 1 fully saturated rings. The van der Waals surface area contributed by atoms with E-state index in [1.54, 1.807) is 17.5 Å². The first-order valence-corrected chi connectivity index (χ1v) is 13.1. The molecule has 0 bridgehead atoms. The maximum atomic E-state index is 9.73. The zero-order valence-corrected chi connectivity index (χ0v) is 21.1. The molecule has 3 N–H and O–H groups in total. The molecule has 0 amide bonds. The number of thiol groups is 1. The van der Waals surface area contributed by atoms with Gasteiger partial charge in [-0.1, -0.05) is 12.1 Å². The zero-order valence-electron chi connectivity index (χ0n) is 19.4. The fourth-order valence-electron chi connectivity index (χ4n) is 4.15. The molecule has 0 saturated carbocycles. The molecule has 1 aliphatic rings. The average Bonchev–Trinajstić information content (AvgIpc) is 3.35. The van der Waals surface area contributed by atoms with Crippen molar-refractivity contribution < 1.29 is 5.11 Å². The molecular weight excluding hydrogens is 474 g/mol. The average molecular weight is 504 g/mol. The summed E-state index contributed by atoms with van der Waals surface area (Å²) >= 11 is 6.06. The van der Waals surface area contributed by atoms with Gasteiger partial charge in [-0.3, -0.25) is 4.90 Å². The number of thiophene rings is 1. The predicted molar refractivity (Wildman–Crippen MR) is 147 cm³/mol. The van der Waals surface area contributed by atoms with Crippen molar-refractivity contribution >= 4 is 41.3 Å². The number of anilines is 3. The zero-order chi connectivity index (χ0) is 24.0. The van der Waals surface area contributed by atoms with Crippen molar-refractivity contribution in [2.45, 2.75) is 36.9 Å². The Kier molecular flexibility index (Phi) is 7.63. The van der Waals surface area contributed by atoms with Crippen molar-refractivity contribution in [3.8, 4) is 10.6 Å². The molecule has 1 saturated heterocycles. The summed E-state index contributed by atoms with van der Waals surface area (Å²) in [5, 5.41) is 16.5. The van der Waals surface area contributed by atoms with Crippen LogP contribution in [0, 0.1) is 0 Å². The smallest absolute Gasteiger partial charge is 0.227 e. The van der Waals surface area contributed by atoms with Crippen LogP contribution < -0.4 is 10.6 Å². The maximum Gasteiger partial charge on any atom is 0.227 e. The topological polar surface area (TPSA) is 73.3 Å². The summed E-state index contributed by atoms with van der Waals surface area (Å²) < 4.78 is 0. The minimum atomic E-state index is -0.148. The molecule has 0 atom stereocenters. The van der Waals surface area contributed by atoms with E-state index in [1.165, 1.54) is 10.4 Å². The van der Waals surface area contributed by atoms with E-state index in [4.69, 9.17) is 4.98 Å². The lowest BCUT2D eigenvalue weighted by molar-refractivity contribution is 0.0792. The quantitative estimate of drug-likeness (QED) is 0.228. The van der Waals surface area contributed by atoms with Crippen LogP contribution in [-0.4, -0.2) is 39.2 Å². The van der Waals surface area contributed by atoms with Gasteiger partial charge in [0, 0.05) is 53.5 Å². The number of rotatable bonds is 8. The van der Waals surface area contributed by atoms with Crippen LogP contribution in [0.1, 0.15) is 23.3 Å². The Morgan fingerprint density at radius 3 is 2.66 bits per heavy atom. The minimum Gasteiger partial charge on any atom is -0.393 e. The van der Waals surface area contributed by atoms with Crippen LogP contribution in [0.4, 0.5) is 17.3 Å². The summed E-state index contributed by atoms with van der Waals surface area (Å²) in [6, 6.07) is 22.6. The van der Waals surface area contributed by atoms with Crippen LogP contribution in [0.5, 0.6) is 0 Å². The summed E-state index contributed by atoms with van der Waals surface area (Å²) in [5.41, 5.74) is 4.19. The highest BCUT2D eigenvalue weighted by molar-refractivity contribution is 7.80. The summed E-state index contributed by atoms with van der Waals surface area (Å²) in [6.07, 6.45) is 3.35. The molecule has 0 unspecified atom stereocenters. The van der Waals surface area contributed by atoms with Gasteiger partial charge in [0.2, 0.25) is 5.95 Å². The van der Waals surface area contributed by atoms with E-state index < -0.39 is 0 Å². The number of piperidine rings is 1. The van der Waals surface area contributed by atoms with E-state index in [0.29, 0.717) is 5.95 Å². The lowest BCUT2D eigenvalue weighted by Crippen LogP contribution is -2.35. The summed E-state index contributed by atoms with van der Waals surface area (Å²) in [5.74, 6) is 0.584. The lowest BCUT2D eigenvalue weighted by atomic mass is 10.1. The van der Waals surface area contributed by atoms with Crippen molar-refractivity contribution in [2.75, 3.05) is 23.7 Å². The second-order valence-electron chi connectivity index (χ2n) is 8.76. The maximum absolute atomic E-state index is 9.73. The highest BCUT2D eigenvalue weighted by Gasteiger charge is 2.17. The number of aliphatic hydroxyl groups is 1. The Balaban J connectivity index is 1.21. The first-order chi connectivity index (χ1) is 17.1. The standard InChI is InChI=1S/C27H29N5OS2/c33-22-11-14-32(15-12-22)18-19-2-1-3-21(16-19)30-27-28-13-10-25(31-27)26-9-8-24(35-26)17-29-20-4-6-23(34)7-5-20/h1-10,13,16,22,29,33-34H,11-12,14-15,17-18H2,(H,28,30,31). The third-order valence-electron chi connectivity index (χ3n) is 6.05. The fourth-order valence-corrected chi connectivity index (χ4v) is 5.21. The Morgan fingerprint density at radius 2 is 1.83 bits per heavy atom. The van der Waals surface area contributed by atoms with E-state index in [9.17, 15) is 5.11 Å². The molecule has 2 aromatic carbocycles. The van der Waals surface area contributed by atoms with Crippen LogP contribution >= 0.6 is 24.0 Å². The number of aliphatic hydroxyl groups excluding tert-OH is 1. The van der Waals surface area contributed by atoms with E-state index in [-0.39, 0.29) is 6.10 Å². The van der Waals surface area contributed by atoms with Gasteiger partial charge in [-0.2, -0.15) is 0 Å².